The third kappa shape index (κ3) is 3.51. The maximum absolute atomic E-state index is 13.3. The molecule has 9 nitrogen and oxygen atoms in total. The van der Waals surface area contributed by atoms with Gasteiger partial charge in [-0.3, -0.25) is 4.79 Å². The number of nitrogens with zero attached hydrogens (tertiary/aromatic N) is 5. The summed E-state index contributed by atoms with van der Waals surface area (Å²) in [6, 6.07) is 12.9. The van der Waals surface area contributed by atoms with Crippen LogP contribution in [0.2, 0.25) is 0 Å². The van der Waals surface area contributed by atoms with E-state index in [2.05, 4.69) is 15.0 Å². The zero-order chi connectivity index (χ0) is 25.0. The monoisotopic (exact) mass is 482 g/mol. The number of hydrogen-bond acceptors (Lipinski definition) is 7. The van der Waals surface area contributed by atoms with Crippen LogP contribution < -0.4 is 15.4 Å². The molecule has 0 aliphatic carbocycles. The molecule has 0 saturated carbocycles. The number of pyridine rings is 2. The summed E-state index contributed by atoms with van der Waals surface area (Å²) >= 11 is 0. The Bertz CT molecular complexity index is 1530. The minimum Gasteiger partial charge on any atom is -0.391 e. The van der Waals surface area contributed by atoms with Gasteiger partial charge < -0.3 is 15.4 Å². The number of aryl methyl sites for hydroxylation is 2. The lowest BCUT2D eigenvalue weighted by molar-refractivity contribution is 0.0725. The fourth-order valence-electron chi connectivity index (χ4n) is 5.14. The summed E-state index contributed by atoms with van der Waals surface area (Å²) in [5.74, 6) is -0.339. The summed E-state index contributed by atoms with van der Waals surface area (Å²) in [6.07, 6.45) is 4.73. The van der Waals surface area contributed by atoms with Crippen molar-refractivity contribution in [1.82, 2.24) is 19.5 Å². The van der Waals surface area contributed by atoms with Gasteiger partial charge in [0.15, 0.2) is 0 Å². The molecule has 2 aliphatic heterocycles. The molecule has 1 aromatic carbocycles. The van der Waals surface area contributed by atoms with Crippen molar-refractivity contribution in [1.29, 1.82) is 0 Å². The van der Waals surface area contributed by atoms with Gasteiger partial charge in [0.25, 0.3) is 5.91 Å². The van der Waals surface area contributed by atoms with Gasteiger partial charge in [-0.1, -0.05) is 18.2 Å². The summed E-state index contributed by atoms with van der Waals surface area (Å²) in [5, 5.41) is 4.46. The highest BCUT2D eigenvalue weighted by molar-refractivity contribution is 6.09. The van der Waals surface area contributed by atoms with Crippen molar-refractivity contribution < 1.29 is 14.3 Å². The Labute approximate surface area is 208 Å². The normalized spacial score (nSPS) is 17.2. The predicted octanol–water partition coefficient (Wildman–Crippen LogP) is 4.09. The van der Waals surface area contributed by atoms with Crippen LogP contribution >= 0.6 is 0 Å². The first-order chi connectivity index (χ1) is 17.4. The van der Waals surface area contributed by atoms with Crippen LogP contribution in [0.15, 0.2) is 54.9 Å². The number of ether oxygens (including phenoxy) is 1. The van der Waals surface area contributed by atoms with Crippen LogP contribution in [0.1, 0.15) is 46.2 Å². The van der Waals surface area contributed by atoms with E-state index in [-0.39, 0.29) is 5.88 Å². The third-order valence-corrected chi connectivity index (χ3v) is 6.96. The number of nitrogens with two attached hydrogens (primary N) is 1. The molecular formula is C27H26N6O3. The molecule has 2 amide bonds. The fourth-order valence-corrected chi connectivity index (χ4v) is 5.14. The fraction of sp³-hybridized carbons (Fsp3) is 0.259. The standard InChI is InChI=1S/C27H26N6O3/c1-16-9-10-21-19(14-29-32(21)15-16)17-6-5-7-18-24(17)25(28)33(26(18)34)27(35)36-23-12-11-22-20(30-23)8-3-4-13-31(22)2/h5-7,9-12,14-15,25H,3-4,8,13,28H2,1-2H3. The van der Waals surface area contributed by atoms with Gasteiger partial charge >= 0.3 is 6.09 Å². The van der Waals surface area contributed by atoms with E-state index in [0.717, 1.165) is 64.3 Å². The van der Waals surface area contributed by atoms with Gasteiger partial charge in [0.1, 0.15) is 6.17 Å². The van der Waals surface area contributed by atoms with Crippen molar-refractivity contribution in [3.05, 3.63) is 77.2 Å². The van der Waals surface area contributed by atoms with E-state index < -0.39 is 18.2 Å². The minimum absolute atomic E-state index is 0.156. The number of benzene rings is 1. The molecule has 36 heavy (non-hydrogen) atoms. The van der Waals surface area contributed by atoms with Crippen molar-refractivity contribution in [3.63, 3.8) is 0 Å². The third-order valence-electron chi connectivity index (χ3n) is 6.96. The molecule has 3 aromatic heterocycles. The first-order valence-electron chi connectivity index (χ1n) is 12.0. The topological polar surface area (TPSA) is 106 Å². The second-order valence-electron chi connectivity index (χ2n) is 9.34. The lowest BCUT2D eigenvalue weighted by Crippen LogP contribution is -2.40. The number of aromatic nitrogens is 3. The van der Waals surface area contributed by atoms with Gasteiger partial charge in [-0.05, 0) is 55.5 Å². The summed E-state index contributed by atoms with van der Waals surface area (Å²) in [5.41, 5.74) is 12.9. The van der Waals surface area contributed by atoms with Crippen LogP contribution in [-0.2, 0) is 6.42 Å². The first-order valence-corrected chi connectivity index (χ1v) is 12.0. The number of fused-ring (bicyclic) bond motifs is 3. The summed E-state index contributed by atoms with van der Waals surface area (Å²) in [4.78, 5) is 34.1. The first kappa shape index (κ1) is 22.2. The molecule has 0 radical (unpaired) electrons. The zero-order valence-electron chi connectivity index (χ0n) is 20.1. The highest BCUT2D eigenvalue weighted by Gasteiger charge is 2.42. The highest BCUT2D eigenvalue weighted by Crippen LogP contribution is 2.39. The Hall–Kier alpha value is -4.24. The highest BCUT2D eigenvalue weighted by atomic mass is 16.6. The second kappa shape index (κ2) is 8.46. The van der Waals surface area contributed by atoms with E-state index in [1.165, 1.54) is 0 Å². The lowest BCUT2D eigenvalue weighted by Gasteiger charge is -2.21. The van der Waals surface area contributed by atoms with Crippen LogP contribution in [0.4, 0.5) is 10.5 Å². The van der Waals surface area contributed by atoms with E-state index in [1.54, 1.807) is 28.9 Å². The molecular weight excluding hydrogens is 456 g/mol. The molecule has 6 rings (SSSR count). The summed E-state index contributed by atoms with van der Waals surface area (Å²) in [7, 11) is 2.03. The minimum atomic E-state index is -0.997. The van der Waals surface area contributed by atoms with Crippen LogP contribution in [0, 0.1) is 6.92 Å². The number of amides is 2. The largest absolute Gasteiger partial charge is 0.425 e. The molecule has 1 unspecified atom stereocenters. The number of hydrogen-bond donors (Lipinski definition) is 1. The van der Waals surface area contributed by atoms with Crippen LogP contribution in [-0.4, -0.2) is 45.1 Å². The molecule has 0 spiro atoms. The van der Waals surface area contributed by atoms with Gasteiger partial charge in [0, 0.05) is 42.5 Å². The zero-order valence-corrected chi connectivity index (χ0v) is 20.1. The lowest BCUT2D eigenvalue weighted by atomic mass is 9.96. The van der Waals surface area contributed by atoms with E-state index in [0.29, 0.717) is 11.1 Å². The quantitative estimate of drug-likeness (QED) is 0.459. The van der Waals surface area contributed by atoms with Crippen molar-refractivity contribution in [2.75, 3.05) is 18.5 Å². The maximum Gasteiger partial charge on any atom is 0.425 e. The molecule has 4 aromatic rings. The Balaban J connectivity index is 1.32. The van der Waals surface area contributed by atoms with E-state index in [9.17, 15) is 9.59 Å². The second-order valence-corrected chi connectivity index (χ2v) is 9.34. The van der Waals surface area contributed by atoms with Gasteiger partial charge in [0.2, 0.25) is 5.88 Å². The SMILES string of the molecule is Cc1ccc2c(-c3cccc4c3C(N)N(C(=O)Oc3ccc5c(n3)CCCCN5C)C4=O)cnn2c1. The number of imide groups is 1. The number of carbonyl (C=O) groups excluding carboxylic acids is 2. The molecule has 0 fully saturated rings. The smallest absolute Gasteiger partial charge is 0.391 e. The number of anilines is 1. The molecule has 2 N–H and O–H groups in total. The molecule has 182 valence electrons. The molecule has 5 heterocycles. The summed E-state index contributed by atoms with van der Waals surface area (Å²) in [6.45, 7) is 2.95. The molecule has 0 saturated heterocycles. The van der Waals surface area contributed by atoms with E-state index in [1.807, 2.05) is 44.4 Å². The Morgan fingerprint density at radius 2 is 1.92 bits per heavy atom. The van der Waals surface area contributed by atoms with Crippen LogP contribution in [0.3, 0.4) is 0 Å². The van der Waals surface area contributed by atoms with Crippen molar-refractivity contribution >= 4 is 23.2 Å². The number of carbonyl (C=O) groups is 2. The molecule has 1 atom stereocenters. The van der Waals surface area contributed by atoms with Crippen LogP contribution in [0.25, 0.3) is 16.6 Å². The van der Waals surface area contributed by atoms with Crippen molar-refractivity contribution in [3.8, 4) is 17.0 Å². The predicted molar refractivity (Wildman–Crippen MR) is 135 cm³/mol. The van der Waals surface area contributed by atoms with E-state index >= 15 is 0 Å². The van der Waals surface area contributed by atoms with Gasteiger partial charge in [-0.25, -0.2) is 19.2 Å². The van der Waals surface area contributed by atoms with Crippen molar-refractivity contribution in [2.45, 2.75) is 32.4 Å². The molecule has 9 heteroatoms. The Kier molecular flexibility index (Phi) is 5.22. The average Bonchev–Trinajstić information content (AvgIpc) is 3.32. The molecule has 2 aliphatic rings. The summed E-state index contributed by atoms with van der Waals surface area (Å²) < 4.78 is 7.36. The van der Waals surface area contributed by atoms with E-state index in [4.69, 9.17) is 10.5 Å². The van der Waals surface area contributed by atoms with Crippen molar-refractivity contribution in [2.24, 2.45) is 5.73 Å². The maximum atomic E-state index is 13.3. The van der Waals surface area contributed by atoms with Gasteiger partial charge in [-0.15, -0.1) is 0 Å². The Morgan fingerprint density at radius 1 is 1.08 bits per heavy atom. The Morgan fingerprint density at radius 3 is 2.78 bits per heavy atom. The average molecular weight is 483 g/mol. The van der Waals surface area contributed by atoms with Crippen LogP contribution in [0.5, 0.6) is 5.88 Å². The number of rotatable bonds is 2. The molecule has 0 bridgehead atoms. The van der Waals surface area contributed by atoms with Gasteiger partial charge in [-0.2, -0.15) is 5.10 Å². The van der Waals surface area contributed by atoms with Gasteiger partial charge in [0.05, 0.1) is 23.1 Å².